The molecule has 3 heteroatoms. The van der Waals surface area contributed by atoms with Crippen LogP contribution in [0, 0.1) is 12.3 Å². The molecule has 1 aliphatic carbocycles. The first-order valence-electron chi connectivity index (χ1n) is 6.37. The van der Waals surface area contributed by atoms with Crippen LogP contribution in [0.1, 0.15) is 31.2 Å². The van der Waals surface area contributed by atoms with Gasteiger partial charge in [0.25, 0.3) is 0 Å². The lowest BCUT2D eigenvalue weighted by Crippen LogP contribution is -2.25. The molecule has 96 valence electrons. The number of terminal acetylenes is 1. The SMILES string of the molecule is C#CCOc1ccc(Br)cc1CNC1CCCC1. The molecule has 1 saturated carbocycles. The third kappa shape index (κ3) is 3.76. The molecule has 1 fully saturated rings. The quantitative estimate of drug-likeness (QED) is 0.841. The molecular weight excluding hydrogens is 290 g/mol. The first-order valence-corrected chi connectivity index (χ1v) is 7.17. The summed E-state index contributed by atoms with van der Waals surface area (Å²) < 4.78 is 6.63. The van der Waals surface area contributed by atoms with Crippen LogP contribution in [-0.4, -0.2) is 12.6 Å². The second-order valence-electron chi connectivity index (χ2n) is 4.61. The van der Waals surface area contributed by atoms with Gasteiger partial charge in [-0.3, -0.25) is 0 Å². The van der Waals surface area contributed by atoms with E-state index in [-0.39, 0.29) is 0 Å². The molecule has 0 spiro atoms. The largest absolute Gasteiger partial charge is 0.481 e. The first-order chi connectivity index (χ1) is 8.79. The van der Waals surface area contributed by atoms with E-state index < -0.39 is 0 Å². The highest BCUT2D eigenvalue weighted by atomic mass is 79.9. The molecule has 0 heterocycles. The summed E-state index contributed by atoms with van der Waals surface area (Å²) in [4.78, 5) is 0. The number of ether oxygens (including phenoxy) is 1. The van der Waals surface area contributed by atoms with Crippen molar-refractivity contribution in [2.24, 2.45) is 0 Å². The van der Waals surface area contributed by atoms with Crippen LogP contribution >= 0.6 is 15.9 Å². The van der Waals surface area contributed by atoms with Crippen LogP contribution in [-0.2, 0) is 6.54 Å². The summed E-state index contributed by atoms with van der Waals surface area (Å²) in [5.41, 5.74) is 1.16. The van der Waals surface area contributed by atoms with Crippen LogP contribution in [0.2, 0.25) is 0 Å². The van der Waals surface area contributed by atoms with E-state index in [1.165, 1.54) is 25.7 Å². The molecule has 1 aliphatic rings. The number of benzene rings is 1. The zero-order valence-electron chi connectivity index (χ0n) is 10.4. The summed E-state index contributed by atoms with van der Waals surface area (Å²) >= 11 is 3.49. The number of hydrogen-bond donors (Lipinski definition) is 1. The molecule has 18 heavy (non-hydrogen) atoms. The topological polar surface area (TPSA) is 21.3 Å². The predicted octanol–water partition coefficient (Wildman–Crippen LogP) is 3.49. The first kappa shape index (κ1) is 13.5. The van der Waals surface area contributed by atoms with Gasteiger partial charge in [0, 0.05) is 22.6 Å². The molecule has 1 aromatic carbocycles. The van der Waals surface area contributed by atoms with Gasteiger partial charge < -0.3 is 10.1 Å². The summed E-state index contributed by atoms with van der Waals surface area (Å²) in [7, 11) is 0. The third-order valence-electron chi connectivity index (χ3n) is 3.27. The van der Waals surface area contributed by atoms with Crippen LogP contribution < -0.4 is 10.1 Å². The Labute approximate surface area is 117 Å². The van der Waals surface area contributed by atoms with Gasteiger partial charge in [-0.1, -0.05) is 34.7 Å². The maximum atomic E-state index is 5.56. The lowest BCUT2D eigenvalue weighted by atomic mass is 10.1. The maximum Gasteiger partial charge on any atom is 0.148 e. The molecule has 0 saturated heterocycles. The van der Waals surface area contributed by atoms with Gasteiger partial charge in [0.1, 0.15) is 12.4 Å². The van der Waals surface area contributed by atoms with Crippen molar-refractivity contribution in [1.29, 1.82) is 0 Å². The van der Waals surface area contributed by atoms with E-state index in [1.807, 2.05) is 12.1 Å². The van der Waals surface area contributed by atoms with Crippen molar-refractivity contribution in [2.45, 2.75) is 38.3 Å². The molecule has 0 radical (unpaired) electrons. The maximum absolute atomic E-state index is 5.56. The Balaban J connectivity index is 1.99. The Hall–Kier alpha value is -0.980. The minimum absolute atomic E-state index is 0.318. The normalized spacial score (nSPS) is 15.6. The summed E-state index contributed by atoms with van der Waals surface area (Å²) in [5, 5.41) is 3.59. The Morgan fingerprint density at radius 3 is 2.89 bits per heavy atom. The molecule has 0 aromatic heterocycles. The van der Waals surface area contributed by atoms with E-state index in [1.54, 1.807) is 0 Å². The molecule has 2 nitrogen and oxygen atoms in total. The van der Waals surface area contributed by atoms with E-state index in [2.05, 4.69) is 33.2 Å². The second kappa shape index (κ2) is 6.82. The molecule has 0 amide bonds. The number of hydrogen-bond acceptors (Lipinski definition) is 2. The van der Waals surface area contributed by atoms with Crippen molar-refractivity contribution in [3.63, 3.8) is 0 Å². The molecule has 0 unspecified atom stereocenters. The highest BCUT2D eigenvalue weighted by molar-refractivity contribution is 9.10. The molecular formula is C15H18BrNO. The zero-order valence-corrected chi connectivity index (χ0v) is 12.0. The van der Waals surface area contributed by atoms with Gasteiger partial charge in [0.15, 0.2) is 0 Å². The molecule has 0 aliphatic heterocycles. The average Bonchev–Trinajstić information content (AvgIpc) is 2.88. The van der Waals surface area contributed by atoms with Crippen molar-refractivity contribution in [1.82, 2.24) is 5.32 Å². The third-order valence-corrected chi connectivity index (χ3v) is 3.76. The lowest BCUT2D eigenvalue weighted by Gasteiger charge is -2.15. The minimum Gasteiger partial charge on any atom is -0.481 e. The molecule has 0 bridgehead atoms. The predicted molar refractivity (Wildman–Crippen MR) is 77.6 cm³/mol. The summed E-state index contributed by atoms with van der Waals surface area (Å²) in [5.74, 6) is 3.38. The Morgan fingerprint density at radius 2 is 2.17 bits per heavy atom. The van der Waals surface area contributed by atoms with E-state index in [0.29, 0.717) is 12.6 Å². The Bertz CT molecular complexity index is 433. The van der Waals surface area contributed by atoms with Crippen LogP contribution in [0.4, 0.5) is 0 Å². The van der Waals surface area contributed by atoms with Gasteiger partial charge in [-0.2, -0.15) is 0 Å². The lowest BCUT2D eigenvalue weighted by molar-refractivity contribution is 0.363. The number of halogens is 1. The summed E-state index contributed by atoms with van der Waals surface area (Å²) in [6, 6.07) is 6.69. The fourth-order valence-corrected chi connectivity index (χ4v) is 2.74. The van der Waals surface area contributed by atoms with E-state index in [0.717, 1.165) is 22.3 Å². The monoisotopic (exact) mass is 307 g/mol. The van der Waals surface area contributed by atoms with Crippen molar-refractivity contribution < 1.29 is 4.74 Å². The van der Waals surface area contributed by atoms with Crippen LogP contribution in [0.15, 0.2) is 22.7 Å². The highest BCUT2D eigenvalue weighted by Crippen LogP contribution is 2.24. The highest BCUT2D eigenvalue weighted by Gasteiger charge is 2.14. The van der Waals surface area contributed by atoms with Crippen LogP contribution in [0.5, 0.6) is 5.75 Å². The van der Waals surface area contributed by atoms with Crippen molar-refractivity contribution in [2.75, 3.05) is 6.61 Å². The standard InChI is InChI=1S/C15H18BrNO/c1-2-9-18-15-8-7-13(16)10-12(15)11-17-14-5-3-4-6-14/h1,7-8,10,14,17H,3-6,9,11H2. The zero-order chi connectivity index (χ0) is 12.8. The smallest absolute Gasteiger partial charge is 0.148 e. The molecule has 0 atom stereocenters. The average molecular weight is 308 g/mol. The van der Waals surface area contributed by atoms with Gasteiger partial charge in [-0.15, -0.1) is 6.42 Å². The van der Waals surface area contributed by atoms with Gasteiger partial charge in [0.2, 0.25) is 0 Å². The summed E-state index contributed by atoms with van der Waals surface area (Å²) in [6.07, 6.45) is 10.5. The number of nitrogens with one attached hydrogen (secondary N) is 1. The van der Waals surface area contributed by atoms with Crippen molar-refractivity contribution in [3.05, 3.63) is 28.2 Å². The minimum atomic E-state index is 0.318. The molecule has 2 rings (SSSR count). The Kier molecular flexibility index (Phi) is 5.10. The van der Waals surface area contributed by atoms with E-state index in [9.17, 15) is 0 Å². The fourth-order valence-electron chi connectivity index (χ4n) is 2.33. The fraction of sp³-hybridized carbons (Fsp3) is 0.467. The molecule has 1 N–H and O–H groups in total. The number of rotatable bonds is 5. The summed E-state index contributed by atoms with van der Waals surface area (Å²) in [6.45, 7) is 1.15. The van der Waals surface area contributed by atoms with Gasteiger partial charge in [-0.05, 0) is 31.0 Å². The van der Waals surface area contributed by atoms with Crippen molar-refractivity contribution in [3.8, 4) is 18.1 Å². The van der Waals surface area contributed by atoms with Crippen LogP contribution in [0.3, 0.4) is 0 Å². The van der Waals surface area contributed by atoms with E-state index in [4.69, 9.17) is 11.2 Å². The van der Waals surface area contributed by atoms with Gasteiger partial charge >= 0.3 is 0 Å². The Morgan fingerprint density at radius 1 is 1.39 bits per heavy atom. The van der Waals surface area contributed by atoms with Gasteiger partial charge in [-0.25, -0.2) is 0 Å². The van der Waals surface area contributed by atoms with Crippen molar-refractivity contribution >= 4 is 15.9 Å². The van der Waals surface area contributed by atoms with Gasteiger partial charge in [0.05, 0.1) is 0 Å². The molecule has 1 aromatic rings. The van der Waals surface area contributed by atoms with Crippen LogP contribution in [0.25, 0.3) is 0 Å². The second-order valence-corrected chi connectivity index (χ2v) is 5.52. The van der Waals surface area contributed by atoms with E-state index >= 15 is 0 Å².